The van der Waals surface area contributed by atoms with Crippen LogP contribution in [-0.2, 0) is 0 Å². The van der Waals surface area contributed by atoms with Gasteiger partial charge in [-0.3, -0.25) is 9.59 Å². The zero-order chi connectivity index (χ0) is 10.7. The summed E-state index contributed by atoms with van der Waals surface area (Å²) in [6.45, 7) is 1.26. The van der Waals surface area contributed by atoms with E-state index in [9.17, 15) is 9.59 Å². The van der Waals surface area contributed by atoms with Crippen molar-refractivity contribution in [1.82, 2.24) is 4.90 Å². The molecule has 0 radical (unpaired) electrons. The van der Waals surface area contributed by atoms with Crippen LogP contribution in [0, 0.1) is 0 Å². The number of amides is 1. The van der Waals surface area contributed by atoms with E-state index in [1.165, 1.54) is 0 Å². The van der Waals surface area contributed by atoms with E-state index in [2.05, 4.69) is 0 Å². The lowest BCUT2D eigenvalue weighted by Gasteiger charge is -2.16. The van der Waals surface area contributed by atoms with Gasteiger partial charge in [0, 0.05) is 18.7 Å². The molecular weight excluding hydrogens is 190 g/mol. The number of nitrogens with zero attached hydrogens (tertiary/aromatic N) is 1. The summed E-state index contributed by atoms with van der Waals surface area (Å²) in [4.78, 5) is 24.4. The van der Waals surface area contributed by atoms with Gasteiger partial charge in [0.25, 0.3) is 5.91 Å². The highest BCUT2D eigenvalue weighted by Crippen LogP contribution is 2.11. The van der Waals surface area contributed by atoms with Crippen LogP contribution < -0.4 is 0 Å². The molecule has 1 aliphatic rings. The van der Waals surface area contributed by atoms with E-state index in [1.807, 2.05) is 12.2 Å². The standard InChI is InChI=1S/C12H11NO2/c14-9-10-5-1-2-6-11(10)12(15)13-7-3-4-8-13/h1-6,9H,7-8H2. The molecule has 0 saturated heterocycles. The van der Waals surface area contributed by atoms with E-state index in [-0.39, 0.29) is 5.91 Å². The van der Waals surface area contributed by atoms with Gasteiger partial charge in [-0.1, -0.05) is 30.4 Å². The van der Waals surface area contributed by atoms with Gasteiger partial charge in [-0.2, -0.15) is 0 Å². The molecule has 0 N–H and O–H groups in total. The van der Waals surface area contributed by atoms with Crippen molar-refractivity contribution in [3.8, 4) is 0 Å². The molecule has 1 aliphatic heterocycles. The Morgan fingerprint density at radius 1 is 1.20 bits per heavy atom. The maximum atomic E-state index is 12.0. The Balaban J connectivity index is 2.28. The molecule has 3 heteroatoms. The van der Waals surface area contributed by atoms with E-state index in [0.29, 0.717) is 24.2 Å². The summed E-state index contributed by atoms with van der Waals surface area (Å²) in [6, 6.07) is 6.86. The summed E-state index contributed by atoms with van der Waals surface area (Å²) < 4.78 is 0. The topological polar surface area (TPSA) is 37.4 Å². The van der Waals surface area contributed by atoms with Crippen molar-refractivity contribution in [2.24, 2.45) is 0 Å². The van der Waals surface area contributed by atoms with Gasteiger partial charge in [0.15, 0.2) is 6.29 Å². The number of hydrogen-bond donors (Lipinski definition) is 0. The lowest BCUT2D eigenvalue weighted by molar-refractivity contribution is 0.0797. The Labute approximate surface area is 88.0 Å². The molecule has 0 bridgehead atoms. The van der Waals surface area contributed by atoms with Gasteiger partial charge in [-0.15, -0.1) is 0 Å². The molecule has 0 saturated carbocycles. The van der Waals surface area contributed by atoms with Gasteiger partial charge in [0.1, 0.15) is 0 Å². The summed E-state index contributed by atoms with van der Waals surface area (Å²) in [5.41, 5.74) is 0.936. The van der Waals surface area contributed by atoms with Crippen LogP contribution in [0.3, 0.4) is 0 Å². The Morgan fingerprint density at radius 3 is 2.53 bits per heavy atom. The Kier molecular flexibility index (Phi) is 2.63. The molecule has 1 heterocycles. The van der Waals surface area contributed by atoms with Crippen LogP contribution in [-0.4, -0.2) is 30.2 Å². The van der Waals surface area contributed by atoms with Crippen molar-refractivity contribution in [2.45, 2.75) is 0 Å². The number of carbonyl (C=O) groups is 2. The van der Waals surface area contributed by atoms with Gasteiger partial charge in [0.05, 0.1) is 5.56 Å². The molecule has 0 atom stereocenters. The highest BCUT2D eigenvalue weighted by atomic mass is 16.2. The molecule has 15 heavy (non-hydrogen) atoms. The fraction of sp³-hybridized carbons (Fsp3) is 0.167. The van der Waals surface area contributed by atoms with Gasteiger partial charge < -0.3 is 4.90 Å². The van der Waals surface area contributed by atoms with E-state index in [0.717, 1.165) is 6.29 Å². The minimum absolute atomic E-state index is 0.0808. The lowest BCUT2D eigenvalue weighted by Crippen LogP contribution is -2.28. The number of carbonyl (C=O) groups excluding carboxylic acids is 2. The van der Waals surface area contributed by atoms with E-state index >= 15 is 0 Å². The largest absolute Gasteiger partial charge is 0.331 e. The fourth-order valence-electron chi connectivity index (χ4n) is 1.61. The molecule has 0 fully saturated rings. The molecule has 0 spiro atoms. The Hall–Kier alpha value is -1.90. The Bertz CT molecular complexity index is 415. The van der Waals surface area contributed by atoms with Crippen LogP contribution in [0.4, 0.5) is 0 Å². The van der Waals surface area contributed by atoms with Crippen LogP contribution in [0.2, 0.25) is 0 Å². The average Bonchev–Trinajstić information content (AvgIpc) is 2.81. The predicted molar refractivity (Wildman–Crippen MR) is 56.9 cm³/mol. The third-order valence-corrected chi connectivity index (χ3v) is 2.42. The summed E-state index contributed by atoms with van der Waals surface area (Å²) in [7, 11) is 0. The van der Waals surface area contributed by atoms with Crippen molar-refractivity contribution in [2.75, 3.05) is 13.1 Å². The quantitative estimate of drug-likeness (QED) is 0.537. The average molecular weight is 201 g/mol. The maximum Gasteiger partial charge on any atom is 0.255 e. The molecule has 2 rings (SSSR count). The molecule has 1 aromatic rings. The van der Waals surface area contributed by atoms with Crippen molar-refractivity contribution < 1.29 is 9.59 Å². The fourth-order valence-corrected chi connectivity index (χ4v) is 1.61. The van der Waals surface area contributed by atoms with Gasteiger partial charge in [-0.25, -0.2) is 0 Å². The van der Waals surface area contributed by atoms with Crippen LogP contribution in [0.25, 0.3) is 0 Å². The second-order valence-electron chi connectivity index (χ2n) is 3.39. The molecule has 76 valence electrons. The molecule has 1 aromatic carbocycles. The predicted octanol–water partition coefficient (Wildman–Crippen LogP) is 1.51. The van der Waals surface area contributed by atoms with Crippen molar-refractivity contribution >= 4 is 12.2 Å². The first-order valence-electron chi connectivity index (χ1n) is 4.81. The number of hydrogen-bond acceptors (Lipinski definition) is 2. The normalized spacial score (nSPS) is 14.3. The van der Waals surface area contributed by atoms with Crippen LogP contribution in [0.1, 0.15) is 20.7 Å². The summed E-state index contributed by atoms with van der Waals surface area (Å²) in [6.07, 6.45) is 4.61. The lowest BCUT2D eigenvalue weighted by atomic mass is 10.1. The zero-order valence-corrected chi connectivity index (χ0v) is 8.22. The van der Waals surface area contributed by atoms with Crippen molar-refractivity contribution in [3.63, 3.8) is 0 Å². The van der Waals surface area contributed by atoms with Crippen molar-refractivity contribution in [3.05, 3.63) is 47.5 Å². The second-order valence-corrected chi connectivity index (χ2v) is 3.39. The van der Waals surface area contributed by atoms with E-state index in [1.54, 1.807) is 29.2 Å². The molecule has 0 aliphatic carbocycles. The highest BCUT2D eigenvalue weighted by molar-refractivity contribution is 6.01. The summed E-state index contributed by atoms with van der Waals surface area (Å²) in [5.74, 6) is -0.0808. The van der Waals surface area contributed by atoms with Gasteiger partial charge >= 0.3 is 0 Å². The van der Waals surface area contributed by atoms with Crippen LogP contribution >= 0.6 is 0 Å². The highest BCUT2D eigenvalue weighted by Gasteiger charge is 2.18. The monoisotopic (exact) mass is 201 g/mol. The van der Waals surface area contributed by atoms with Gasteiger partial charge in [-0.05, 0) is 6.07 Å². The number of benzene rings is 1. The maximum absolute atomic E-state index is 12.0. The number of rotatable bonds is 2. The summed E-state index contributed by atoms with van der Waals surface area (Å²) in [5, 5.41) is 0. The number of aldehydes is 1. The van der Waals surface area contributed by atoms with E-state index in [4.69, 9.17) is 0 Å². The first kappa shape index (κ1) is 9.65. The molecule has 3 nitrogen and oxygen atoms in total. The second kappa shape index (κ2) is 4.09. The van der Waals surface area contributed by atoms with E-state index < -0.39 is 0 Å². The third-order valence-electron chi connectivity index (χ3n) is 2.42. The SMILES string of the molecule is O=Cc1ccccc1C(=O)N1CC=CC1. The first-order chi connectivity index (χ1) is 7.33. The van der Waals surface area contributed by atoms with Gasteiger partial charge in [0.2, 0.25) is 0 Å². The smallest absolute Gasteiger partial charge is 0.255 e. The van der Waals surface area contributed by atoms with Crippen LogP contribution in [0.15, 0.2) is 36.4 Å². The molecule has 0 aromatic heterocycles. The zero-order valence-electron chi connectivity index (χ0n) is 8.22. The minimum atomic E-state index is -0.0808. The van der Waals surface area contributed by atoms with Crippen LogP contribution in [0.5, 0.6) is 0 Å². The van der Waals surface area contributed by atoms with Crippen molar-refractivity contribution in [1.29, 1.82) is 0 Å². The first-order valence-corrected chi connectivity index (χ1v) is 4.81. The molecule has 0 unspecified atom stereocenters. The molecular formula is C12H11NO2. The third kappa shape index (κ3) is 1.81. The Morgan fingerprint density at radius 2 is 1.87 bits per heavy atom. The molecule has 1 amide bonds. The minimum Gasteiger partial charge on any atom is -0.331 e. The summed E-state index contributed by atoms with van der Waals surface area (Å²) >= 11 is 0.